The molecule has 0 aromatic heterocycles. The van der Waals surface area contributed by atoms with Crippen LogP contribution in [0.15, 0.2) is 129 Å². The van der Waals surface area contributed by atoms with Crippen LogP contribution in [0.4, 0.5) is 0 Å². The number of fused-ring (bicyclic) bond motifs is 2. The minimum atomic E-state index is -0.431. The molecule has 0 radical (unpaired) electrons. The van der Waals surface area contributed by atoms with Crippen LogP contribution in [0.25, 0.3) is 21.5 Å². The van der Waals surface area contributed by atoms with Crippen molar-refractivity contribution < 1.29 is 23.7 Å². The molecule has 0 N–H and O–H groups in total. The molecule has 5 rings (SSSR count). The summed E-state index contributed by atoms with van der Waals surface area (Å²) >= 11 is 0. The Bertz CT molecular complexity index is 2200. The van der Waals surface area contributed by atoms with Crippen molar-refractivity contribution in [2.24, 2.45) is 0 Å². The van der Waals surface area contributed by atoms with Gasteiger partial charge >= 0.3 is 5.97 Å². The lowest BCUT2D eigenvalue weighted by molar-refractivity contribution is -0.137. The second-order valence-electron chi connectivity index (χ2n) is 13.1. The third kappa shape index (κ3) is 9.96. The number of ether oxygens (including phenoxy) is 4. The van der Waals surface area contributed by atoms with Gasteiger partial charge in [0.05, 0.1) is 26.4 Å². The van der Waals surface area contributed by atoms with Crippen molar-refractivity contribution >= 4 is 27.5 Å². The zero-order valence-electron chi connectivity index (χ0n) is 30.2. The zero-order chi connectivity index (χ0) is 36.9. The molecule has 5 heteroatoms. The Morgan fingerprint density at radius 1 is 0.615 bits per heavy atom. The monoisotopic (exact) mass is 688 g/mol. The number of esters is 1. The van der Waals surface area contributed by atoms with Gasteiger partial charge in [0.2, 0.25) is 0 Å². The second-order valence-corrected chi connectivity index (χ2v) is 13.1. The van der Waals surface area contributed by atoms with Crippen molar-refractivity contribution in [1.29, 1.82) is 0 Å². The van der Waals surface area contributed by atoms with Crippen molar-refractivity contribution in [2.45, 2.75) is 39.0 Å². The highest BCUT2D eigenvalue weighted by atomic mass is 16.5. The maximum absolute atomic E-state index is 11.2. The lowest BCUT2D eigenvalue weighted by Gasteiger charge is -2.21. The smallest absolute Gasteiger partial charge is 0.330 e. The van der Waals surface area contributed by atoms with Crippen LogP contribution >= 0.6 is 0 Å². The molecular weight excluding hydrogens is 645 g/mol. The van der Waals surface area contributed by atoms with E-state index in [1.54, 1.807) is 6.08 Å². The number of benzene rings is 5. The van der Waals surface area contributed by atoms with Crippen LogP contribution in [0.2, 0.25) is 0 Å². The third-order valence-corrected chi connectivity index (χ3v) is 8.30. The number of carbonyl (C=O) groups is 1. The average molecular weight is 689 g/mol. The highest BCUT2D eigenvalue weighted by Gasteiger charge is 2.18. The number of allylic oxidation sites excluding steroid dienone is 1. The van der Waals surface area contributed by atoms with E-state index in [1.807, 2.05) is 54.6 Å². The van der Waals surface area contributed by atoms with E-state index >= 15 is 0 Å². The molecule has 262 valence electrons. The largest absolute Gasteiger partial charge is 0.494 e. The van der Waals surface area contributed by atoms with Crippen molar-refractivity contribution in [2.75, 3.05) is 26.4 Å². The SMILES string of the molecule is C=CC(=C)OCCCOc1ccc(C#Cc2c3ccccc3c(C#Cc3ccc(OCCCOC(=O)C=C)cc3)c3cc(C(C)(C)C)ccc23)cc1. The van der Waals surface area contributed by atoms with E-state index in [-0.39, 0.29) is 12.0 Å². The molecular formula is C47H44O5. The predicted octanol–water partition coefficient (Wildman–Crippen LogP) is 10.1. The quantitative estimate of drug-likeness (QED) is 0.0234. The minimum absolute atomic E-state index is 0.0451. The van der Waals surface area contributed by atoms with E-state index in [0.717, 1.165) is 67.8 Å². The maximum atomic E-state index is 11.2. The van der Waals surface area contributed by atoms with Gasteiger partial charge in [-0.15, -0.1) is 0 Å². The zero-order valence-corrected chi connectivity index (χ0v) is 30.2. The molecule has 0 amide bonds. The van der Waals surface area contributed by atoms with Crippen molar-refractivity contribution in [3.05, 3.63) is 156 Å². The van der Waals surface area contributed by atoms with Crippen molar-refractivity contribution in [3.63, 3.8) is 0 Å². The summed E-state index contributed by atoms with van der Waals surface area (Å²) in [6.07, 6.45) is 4.08. The molecule has 0 saturated heterocycles. The molecule has 0 heterocycles. The first-order valence-electron chi connectivity index (χ1n) is 17.4. The van der Waals surface area contributed by atoms with Crippen LogP contribution in [-0.4, -0.2) is 32.4 Å². The lowest BCUT2D eigenvalue weighted by atomic mass is 9.83. The molecule has 0 atom stereocenters. The Kier molecular flexibility index (Phi) is 12.6. The van der Waals surface area contributed by atoms with Gasteiger partial charge in [0.15, 0.2) is 0 Å². The van der Waals surface area contributed by atoms with Crippen LogP contribution in [0.5, 0.6) is 11.5 Å². The fraction of sp³-hybridized carbons (Fsp3) is 0.213. The Morgan fingerprint density at radius 2 is 1.12 bits per heavy atom. The van der Waals surface area contributed by atoms with Gasteiger partial charge in [-0.3, -0.25) is 0 Å². The highest BCUT2D eigenvalue weighted by molar-refractivity contribution is 6.10. The Balaban J connectivity index is 1.42. The summed E-state index contributed by atoms with van der Waals surface area (Å²) in [5.74, 6) is 15.5. The molecule has 0 aliphatic rings. The molecule has 0 spiro atoms. The van der Waals surface area contributed by atoms with E-state index in [1.165, 1.54) is 5.56 Å². The summed E-state index contributed by atoms with van der Waals surface area (Å²) in [5, 5.41) is 4.25. The summed E-state index contributed by atoms with van der Waals surface area (Å²) in [6, 6.07) is 30.6. The first kappa shape index (κ1) is 37.1. The van der Waals surface area contributed by atoms with Crippen LogP contribution < -0.4 is 9.47 Å². The van der Waals surface area contributed by atoms with Gasteiger partial charge in [-0.1, -0.05) is 101 Å². The maximum Gasteiger partial charge on any atom is 0.330 e. The van der Waals surface area contributed by atoms with Crippen molar-refractivity contribution in [3.8, 4) is 35.2 Å². The van der Waals surface area contributed by atoms with Crippen LogP contribution in [0.1, 0.15) is 61.4 Å². The molecule has 0 saturated carbocycles. The van der Waals surface area contributed by atoms with Gasteiger partial charge in [-0.25, -0.2) is 4.79 Å². The summed E-state index contributed by atoms with van der Waals surface area (Å²) in [4.78, 5) is 11.2. The number of carbonyl (C=O) groups excluding carboxylic acids is 1. The predicted molar refractivity (Wildman–Crippen MR) is 212 cm³/mol. The van der Waals surface area contributed by atoms with Crippen LogP contribution in [0, 0.1) is 23.7 Å². The minimum Gasteiger partial charge on any atom is -0.494 e. The van der Waals surface area contributed by atoms with Gasteiger partial charge in [-0.2, -0.15) is 0 Å². The molecule has 5 nitrogen and oxygen atoms in total. The summed E-state index contributed by atoms with van der Waals surface area (Å²) in [5.41, 5.74) is 4.90. The van der Waals surface area contributed by atoms with Crippen LogP contribution in [0.3, 0.4) is 0 Å². The van der Waals surface area contributed by atoms with Gasteiger partial charge in [0, 0.05) is 41.2 Å². The number of hydrogen-bond donors (Lipinski definition) is 0. The van der Waals surface area contributed by atoms with Gasteiger partial charge in [0.1, 0.15) is 17.3 Å². The summed E-state index contributed by atoms with van der Waals surface area (Å²) in [7, 11) is 0. The Hall–Kier alpha value is -6.17. The summed E-state index contributed by atoms with van der Waals surface area (Å²) < 4.78 is 22.1. The van der Waals surface area contributed by atoms with Gasteiger partial charge in [0.25, 0.3) is 0 Å². The molecule has 0 unspecified atom stereocenters. The molecule has 0 aliphatic carbocycles. The van der Waals surface area contributed by atoms with Gasteiger partial charge < -0.3 is 18.9 Å². The number of hydrogen-bond acceptors (Lipinski definition) is 5. The second kappa shape index (κ2) is 17.7. The molecule has 0 fully saturated rings. The Labute approximate surface area is 307 Å². The van der Waals surface area contributed by atoms with E-state index in [2.05, 4.69) is 101 Å². The van der Waals surface area contributed by atoms with E-state index in [0.29, 0.717) is 32.0 Å². The Morgan fingerprint density at radius 3 is 1.62 bits per heavy atom. The van der Waals surface area contributed by atoms with E-state index in [4.69, 9.17) is 18.9 Å². The topological polar surface area (TPSA) is 54.0 Å². The van der Waals surface area contributed by atoms with Crippen LogP contribution in [-0.2, 0) is 19.7 Å². The molecule has 52 heavy (non-hydrogen) atoms. The summed E-state index contributed by atoms with van der Waals surface area (Å²) in [6.45, 7) is 19.2. The van der Waals surface area contributed by atoms with E-state index < -0.39 is 5.97 Å². The van der Waals surface area contributed by atoms with E-state index in [9.17, 15) is 4.79 Å². The normalized spacial score (nSPS) is 10.7. The van der Waals surface area contributed by atoms with Gasteiger partial charge in [-0.05, 0) is 93.2 Å². The fourth-order valence-electron chi connectivity index (χ4n) is 5.44. The highest BCUT2D eigenvalue weighted by Crippen LogP contribution is 2.35. The standard InChI is InChI=1S/C47H44O5/c1-7-34(3)49-29-11-30-50-38-22-15-35(16-23-38)19-26-42-40-13-9-10-14-41(40)43(45-33-37(47(4,5)6)21-28-44(42)45)27-20-36-17-24-39(25-18-36)51-31-12-32-52-46(48)8-2/h7-10,13-18,21-25,28,33H,1-3,11-12,29-32H2,4-6H3. The van der Waals surface area contributed by atoms with Crippen molar-refractivity contribution in [1.82, 2.24) is 0 Å². The third-order valence-electron chi connectivity index (χ3n) is 8.30. The lowest BCUT2D eigenvalue weighted by Crippen LogP contribution is -2.10. The molecule has 5 aromatic carbocycles. The first-order chi connectivity index (χ1) is 25.2. The average Bonchev–Trinajstić information content (AvgIpc) is 3.16. The fourth-order valence-corrected chi connectivity index (χ4v) is 5.44. The molecule has 0 aliphatic heterocycles. The number of rotatable bonds is 13. The first-order valence-corrected chi connectivity index (χ1v) is 17.4. The molecule has 5 aromatic rings. The molecule has 0 bridgehead atoms.